The van der Waals surface area contributed by atoms with E-state index in [1.807, 2.05) is 18.2 Å². The molecule has 3 aromatic carbocycles. The summed E-state index contributed by atoms with van der Waals surface area (Å²) < 4.78 is 6.75. The maximum atomic E-state index is 6.75. The van der Waals surface area contributed by atoms with E-state index in [0.29, 0.717) is 0 Å². The van der Waals surface area contributed by atoms with Gasteiger partial charge in [0.05, 0.1) is 11.8 Å². The lowest BCUT2D eigenvalue weighted by Gasteiger charge is -2.51. The van der Waals surface area contributed by atoms with Gasteiger partial charge in [0.1, 0.15) is 5.75 Å². The van der Waals surface area contributed by atoms with Crippen LogP contribution in [0.25, 0.3) is 0 Å². The molecule has 1 fully saturated rings. The molecule has 32 heavy (non-hydrogen) atoms. The second kappa shape index (κ2) is 7.95. The number of hydrogen-bond acceptors (Lipinski definition) is 4. The van der Waals surface area contributed by atoms with Crippen LogP contribution < -0.4 is 4.74 Å². The molecular weight excluding hydrogens is 418 g/mol. The summed E-state index contributed by atoms with van der Waals surface area (Å²) in [6, 6.07) is 27.4. The fourth-order valence-corrected chi connectivity index (χ4v) is 5.56. The van der Waals surface area contributed by atoms with Gasteiger partial charge in [-0.25, -0.2) is 5.01 Å². The Bertz CT molecular complexity index is 1150. The van der Waals surface area contributed by atoms with Gasteiger partial charge in [0, 0.05) is 55.0 Å². The first kappa shape index (κ1) is 19.8. The fraction of sp³-hybridized carbons (Fsp3) is 0.296. The van der Waals surface area contributed by atoms with Crippen LogP contribution in [0.4, 0.5) is 0 Å². The number of fused-ring (bicyclic) bond motifs is 4. The zero-order valence-corrected chi connectivity index (χ0v) is 18.7. The van der Waals surface area contributed by atoms with E-state index in [4.69, 9.17) is 21.4 Å². The zero-order chi connectivity index (χ0) is 21.5. The van der Waals surface area contributed by atoms with Crippen molar-refractivity contribution < 1.29 is 4.74 Å². The number of para-hydroxylation sites is 1. The Labute approximate surface area is 194 Å². The minimum atomic E-state index is -0.408. The van der Waals surface area contributed by atoms with Gasteiger partial charge in [-0.1, -0.05) is 78.3 Å². The first-order valence-electron chi connectivity index (χ1n) is 11.4. The topological polar surface area (TPSA) is 28.1 Å². The summed E-state index contributed by atoms with van der Waals surface area (Å²) in [4.78, 5) is 2.52. The van der Waals surface area contributed by atoms with Crippen LogP contribution in [-0.2, 0) is 6.54 Å². The number of piperidine rings is 1. The minimum absolute atomic E-state index is 0.187. The third-order valence-electron chi connectivity index (χ3n) is 6.98. The number of halogens is 1. The van der Waals surface area contributed by atoms with Crippen molar-refractivity contribution in [1.29, 1.82) is 0 Å². The van der Waals surface area contributed by atoms with E-state index < -0.39 is 5.72 Å². The number of rotatable bonds is 3. The van der Waals surface area contributed by atoms with Crippen molar-refractivity contribution in [3.05, 3.63) is 101 Å². The summed E-state index contributed by atoms with van der Waals surface area (Å²) in [7, 11) is 0. The molecule has 3 heterocycles. The molecule has 1 saturated heterocycles. The van der Waals surface area contributed by atoms with Crippen molar-refractivity contribution in [2.24, 2.45) is 5.10 Å². The maximum absolute atomic E-state index is 6.75. The van der Waals surface area contributed by atoms with Crippen LogP contribution in [0.15, 0.2) is 84.0 Å². The van der Waals surface area contributed by atoms with Crippen molar-refractivity contribution >= 4 is 17.3 Å². The van der Waals surface area contributed by atoms with E-state index >= 15 is 0 Å². The van der Waals surface area contributed by atoms with Gasteiger partial charge in [-0.3, -0.25) is 4.90 Å². The standard InChI is InChI=1S/C27H26ClN3O/c28-23-12-6-4-10-21(23)24-18-25-22-11-5-7-13-26(22)32-27(31(25)29-24)14-16-30(17-15-27)19-20-8-2-1-3-9-20/h1-13,25H,14-19H2. The van der Waals surface area contributed by atoms with Crippen LogP contribution in [0, 0.1) is 0 Å². The Morgan fingerprint density at radius 1 is 0.906 bits per heavy atom. The van der Waals surface area contributed by atoms with Crippen LogP contribution in [-0.4, -0.2) is 34.4 Å². The van der Waals surface area contributed by atoms with Gasteiger partial charge < -0.3 is 4.74 Å². The molecule has 0 bridgehead atoms. The first-order chi connectivity index (χ1) is 15.7. The summed E-state index contributed by atoms with van der Waals surface area (Å²) in [5.41, 5.74) is 4.24. The minimum Gasteiger partial charge on any atom is -0.466 e. The maximum Gasteiger partial charge on any atom is 0.200 e. The molecular formula is C27H26ClN3O. The molecule has 0 saturated carbocycles. The van der Waals surface area contributed by atoms with Crippen LogP contribution >= 0.6 is 11.6 Å². The Morgan fingerprint density at radius 3 is 2.44 bits per heavy atom. The molecule has 4 nitrogen and oxygen atoms in total. The number of ether oxygens (including phenoxy) is 1. The highest BCUT2D eigenvalue weighted by atomic mass is 35.5. The lowest BCUT2D eigenvalue weighted by Crippen LogP contribution is -2.59. The Balaban J connectivity index is 1.31. The largest absolute Gasteiger partial charge is 0.466 e. The zero-order valence-electron chi connectivity index (χ0n) is 18.0. The van der Waals surface area contributed by atoms with Crippen molar-refractivity contribution in [3.8, 4) is 5.75 Å². The molecule has 5 heteroatoms. The third kappa shape index (κ3) is 3.39. The number of nitrogens with zero attached hydrogens (tertiary/aromatic N) is 3. The molecule has 0 N–H and O–H groups in total. The molecule has 0 radical (unpaired) electrons. The normalized spacial score (nSPS) is 21.6. The van der Waals surface area contributed by atoms with Crippen LogP contribution in [0.1, 0.15) is 42.0 Å². The average molecular weight is 444 g/mol. The number of likely N-dealkylation sites (tertiary alicyclic amines) is 1. The highest BCUT2D eigenvalue weighted by molar-refractivity contribution is 6.34. The van der Waals surface area contributed by atoms with Crippen LogP contribution in [0.5, 0.6) is 5.75 Å². The predicted octanol–water partition coefficient (Wildman–Crippen LogP) is 5.88. The lowest BCUT2D eigenvalue weighted by atomic mass is 9.90. The smallest absolute Gasteiger partial charge is 0.200 e. The highest BCUT2D eigenvalue weighted by Gasteiger charge is 2.51. The van der Waals surface area contributed by atoms with Gasteiger partial charge in [-0.15, -0.1) is 0 Å². The van der Waals surface area contributed by atoms with Crippen molar-refractivity contribution in [2.45, 2.75) is 37.6 Å². The van der Waals surface area contributed by atoms with E-state index in [1.54, 1.807) is 0 Å². The molecule has 6 rings (SSSR count). The number of benzene rings is 3. The monoisotopic (exact) mass is 443 g/mol. The summed E-state index contributed by atoms with van der Waals surface area (Å²) >= 11 is 6.54. The van der Waals surface area contributed by atoms with Gasteiger partial charge in [0.2, 0.25) is 5.72 Å². The van der Waals surface area contributed by atoms with Gasteiger partial charge in [-0.05, 0) is 17.7 Å². The van der Waals surface area contributed by atoms with E-state index in [2.05, 4.69) is 70.6 Å². The molecule has 0 amide bonds. The van der Waals surface area contributed by atoms with Crippen molar-refractivity contribution in [2.75, 3.05) is 13.1 Å². The first-order valence-corrected chi connectivity index (χ1v) is 11.8. The van der Waals surface area contributed by atoms with E-state index in [-0.39, 0.29) is 6.04 Å². The van der Waals surface area contributed by atoms with Gasteiger partial charge >= 0.3 is 0 Å². The van der Waals surface area contributed by atoms with Crippen molar-refractivity contribution in [1.82, 2.24) is 9.91 Å². The molecule has 162 valence electrons. The molecule has 1 atom stereocenters. The average Bonchev–Trinajstić information content (AvgIpc) is 3.28. The van der Waals surface area contributed by atoms with Crippen LogP contribution in [0.2, 0.25) is 5.02 Å². The summed E-state index contributed by atoms with van der Waals surface area (Å²) in [5, 5.41) is 8.16. The fourth-order valence-electron chi connectivity index (χ4n) is 5.32. The summed E-state index contributed by atoms with van der Waals surface area (Å²) in [5.74, 6) is 1.00. The van der Waals surface area contributed by atoms with Gasteiger partial charge in [0.15, 0.2) is 0 Å². The molecule has 1 spiro atoms. The highest BCUT2D eigenvalue weighted by Crippen LogP contribution is 2.50. The SMILES string of the molecule is Clc1ccccc1C1=NN2C(C1)c1ccccc1OC21CCN(Cc2ccccc2)CC1. The molecule has 0 aliphatic carbocycles. The van der Waals surface area contributed by atoms with E-state index in [9.17, 15) is 0 Å². The number of hydrogen-bond donors (Lipinski definition) is 0. The predicted molar refractivity (Wildman–Crippen MR) is 128 cm³/mol. The number of hydrazone groups is 1. The molecule has 0 aromatic heterocycles. The molecule has 1 unspecified atom stereocenters. The molecule has 3 aliphatic heterocycles. The van der Waals surface area contributed by atoms with E-state index in [1.165, 1.54) is 11.1 Å². The lowest BCUT2D eigenvalue weighted by molar-refractivity contribution is -0.150. The summed E-state index contributed by atoms with van der Waals surface area (Å²) in [6.45, 7) is 2.94. The Kier molecular flexibility index (Phi) is 4.93. The molecule has 3 aromatic rings. The summed E-state index contributed by atoms with van der Waals surface area (Å²) in [6.07, 6.45) is 2.69. The van der Waals surface area contributed by atoms with Gasteiger partial charge in [-0.2, -0.15) is 5.10 Å². The van der Waals surface area contributed by atoms with Crippen molar-refractivity contribution in [3.63, 3.8) is 0 Å². The van der Waals surface area contributed by atoms with Gasteiger partial charge in [0.25, 0.3) is 0 Å². The van der Waals surface area contributed by atoms with E-state index in [0.717, 1.165) is 60.9 Å². The second-order valence-corrected chi connectivity index (χ2v) is 9.35. The quantitative estimate of drug-likeness (QED) is 0.506. The van der Waals surface area contributed by atoms with Crippen LogP contribution in [0.3, 0.4) is 0 Å². The second-order valence-electron chi connectivity index (χ2n) is 8.94. The Hall–Kier alpha value is -2.82. The molecule has 3 aliphatic rings. The Morgan fingerprint density at radius 2 is 1.62 bits per heavy atom. The third-order valence-corrected chi connectivity index (χ3v) is 7.31.